The lowest BCUT2D eigenvalue weighted by Crippen LogP contribution is -2.30. The normalized spacial score (nSPS) is 11.7. The highest BCUT2D eigenvalue weighted by Crippen LogP contribution is 2.33. The maximum absolute atomic E-state index is 13.1. The fourth-order valence-corrected chi connectivity index (χ4v) is 3.93. The van der Waals surface area contributed by atoms with E-state index in [0.29, 0.717) is 23.6 Å². The number of rotatable bonds is 14. The number of carboxylic acid groups (broad SMARTS) is 1. The lowest BCUT2D eigenvalue weighted by atomic mass is 9.88. The number of ether oxygens (including phenoxy) is 2. The van der Waals surface area contributed by atoms with Crippen molar-refractivity contribution in [2.75, 3.05) is 13.7 Å². The summed E-state index contributed by atoms with van der Waals surface area (Å²) in [6, 6.07) is 8.34. The van der Waals surface area contributed by atoms with E-state index in [0.717, 1.165) is 17.4 Å². The highest BCUT2D eigenvalue weighted by Gasteiger charge is 2.27. The molecule has 2 rings (SSSR count). The number of aromatic nitrogens is 1. The zero-order valence-corrected chi connectivity index (χ0v) is 20.2. The molecule has 186 valence electrons. The van der Waals surface area contributed by atoms with E-state index in [-0.39, 0.29) is 17.7 Å². The Morgan fingerprint density at radius 3 is 2.32 bits per heavy atom. The van der Waals surface area contributed by atoms with E-state index in [2.05, 4.69) is 6.92 Å². The molecule has 0 saturated carbocycles. The van der Waals surface area contributed by atoms with Gasteiger partial charge in [0.15, 0.2) is 0 Å². The van der Waals surface area contributed by atoms with Crippen LogP contribution in [-0.4, -0.2) is 40.4 Å². The molecule has 0 saturated heterocycles. The van der Waals surface area contributed by atoms with Gasteiger partial charge in [0.2, 0.25) is 0 Å². The molecule has 0 amide bonds. The van der Waals surface area contributed by atoms with Gasteiger partial charge in [-0.15, -0.1) is 0 Å². The monoisotopic (exact) mass is 473 g/mol. The van der Waals surface area contributed by atoms with Gasteiger partial charge in [-0.05, 0) is 37.1 Å². The predicted molar refractivity (Wildman–Crippen MR) is 129 cm³/mol. The van der Waals surface area contributed by atoms with Crippen molar-refractivity contribution in [3.05, 3.63) is 57.5 Å². The first-order valence-electron chi connectivity index (χ1n) is 11.7. The van der Waals surface area contributed by atoms with Gasteiger partial charge in [-0.3, -0.25) is 14.4 Å². The van der Waals surface area contributed by atoms with Crippen molar-refractivity contribution < 1.29 is 29.3 Å². The van der Waals surface area contributed by atoms with E-state index in [4.69, 9.17) is 9.47 Å². The number of pyridine rings is 1. The molecule has 1 aromatic heterocycles. The highest BCUT2D eigenvalue weighted by atomic mass is 16.5. The molecule has 0 aliphatic rings. The molecular weight excluding hydrogens is 438 g/mol. The lowest BCUT2D eigenvalue weighted by molar-refractivity contribution is -0.141. The van der Waals surface area contributed by atoms with Crippen molar-refractivity contribution in [2.24, 2.45) is 0 Å². The van der Waals surface area contributed by atoms with Crippen molar-refractivity contribution in [1.29, 1.82) is 0 Å². The largest absolute Gasteiger partial charge is 0.507 e. The van der Waals surface area contributed by atoms with E-state index < -0.39 is 30.0 Å². The van der Waals surface area contributed by atoms with E-state index >= 15 is 0 Å². The highest BCUT2D eigenvalue weighted by molar-refractivity contribution is 5.71. The van der Waals surface area contributed by atoms with Crippen molar-refractivity contribution in [3.8, 4) is 11.5 Å². The number of benzene rings is 1. The topological polar surface area (TPSA) is 115 Å². The molecule has 0 fully saturated rings. The van der Waals surface area contributed by atoms with Crippen LogP contribution in [0.5, 0.6) is 11.5 Å². The summed E-state index contributed by atoms with van der Waals surface area (Å²) in [6.07, 6.45) is 6.82. The average molecular weight is 474 g/mol. The van der Waals surface area contributed by atoms with Crippen molar-refractivity contribution in [1.82, 2.24) is 4.57 Å². The van der Waals surface area contributed by atoms with Gasteiger partial charge in [0.1, 0.15) is 18.0 Å². The molecule has 1 aromatic carbocycles. The van der Waals surface area contributed by atoms with Gasteiger partial charge >= 0.3 is 11.9 Å². The Kier molecular flexibility index (Phi) is 10.6. The van der Waals surface area contributed by atoms with Crippen LogP contribution in [0.1, 0.15) is 74.6 Å². The molecule has 0 aliphatic heterocycles. The van der Waals surface area contributed by atoms with Crippen LogP contribution in [-0.2, 0) is 20.9 Å². The molecule has 0 bridgehead atoms. The van der Waals surface area contributed by atoms with Crippen LogP contribution < -0.4 is 10.3 Å². The first kappa shape index (κ1) is 27.0. The standard InChI is InChI=1S/C26H35NO7/c1-4-5-6-7-8-9-14-34-20-12-10-19(11-13-20)21(16-24(31)33-3)25-22(28)15-18(2)27(26(25)32)17-23(29)30/h10-13,15,21,28H,4-9,14,16-17H2,1-3H3,(H,29,30). The van der Waals surface area contributed by atoms with Crippen LogP contribution in [0.4, 0.5) is 0 Å². The van der Waals surface area contributed by atoms with E-state index in [1.807, 2.05) is 0 Å². The second-order valence-electron chi connectivity index (χ2n) is 8.39. The Bertz CT molecular complexity index is 1010. The number of aromatic hydroxyl groups is 1. The summed E-state index contributed by atoms with van der Waals surface area (Å²) >= 11 is 0. The number of aliphatic carboxylic acids is 1. The van der Waals surface area contributed by atoms with Crippen molar-refractivity contribution >= 4 is 11.9 Å². The first-order valence-corrected chi connectivity index (χ1v) is 11.7. The summed E-state index contributed by atoms with van der Waals surface area (Å²) in [7, 11) is 1.25. The summed E-state index contributed by atoms with van der Waals surface area (Å²) in [6.45, 7) is 3.79. The zero-order valence-electron chi connectivity index (χ0n) is 20.2. The van der Waals surface area contributed by atoms with Gasteiger partial charge < -0.3 is 24.3 Å². The third-order valence-electron chi connectivity index (χ3n) is 5.81. The Morgan fingerprint density at radius 1 is 1.06 bits per heavy atom. The predicted octanol–water partition coefficient (Wildman–Crippen LogP) is 4.38. The smallest absolute Gasteiger partial charge is 0.323 e. The molecule has 1 atom stereocenters. The van der Waals surface area contributed by atoms with Crippen LogP contribution in [0, 0.1) is 6.92 Å². The number of aryl methyl sites for hydroxylation is 1. The number of hydrogen-bond donors (Lipinski definition) is 2. The number of carbonyl (C=O) groups excluding carboxylic acids is 1. The summed E-state index contributed by atoms with van der Waals surface area (Å²) in [5.41, 5.74) is 0.217. The van der Waals surface area contributed by atoms with Gasteiger partial charge in [-0.2, -0.15) is 0 Å². The van der Waals surface area contributed by atoms with Gasteiger partial charge in [-0.1, -0.05) is 51.2 Å². The summed E-state index contributed by atoms with van der Waals surface area (Å²) < 4.78 is 11.7. The van der Waals surface area contributed by atoms with E-state index in [1.54, 1.807) is 31.2 Å². The second-order valence-corrected chi connectivity index (χ2v) is 8.39. The fraction of sp³-hybridized carbons (Fsp3) is 0.500. The number of unbranched alkanes of at least 4 members (excludes halogenated alkanes) is 5. The second kappa shape index (κ2) is 13.4. The van der Waals surface area contributed by atoms with Crippen LogP contribution >= 0.6 is 0 Å². The molecule has 2 aromatic rings. The third-order valence-corrected chi connectivity index (χ3v) is 5.81. The number of nitrogens with zero attached hydrogens (tertiary/aromatic N) is 1. The van der Waals surface area contributed by atoms with E-state index in [1.165, 1.54) is 38.9 Å². The zero-order chi connectivity index (χ0) is 25.1. The molecular formula is C26H35NO7. The maximum atomic E-state index is 13.1. The van der Waals surface area contributed by atoms with Gasteiger partial charge in [0.05, 0.1) is 25.7 Å². The van der Waals surface area contributed by atoms with E-state index in [9.17, 15) is 24.6 Å². The van der Waals surface area contributed by atoms with Crippen LogP contribution in [0.15, 0.2) is 35.1 Å². The molecule has 0 radical (unpaired) electrons. The number of esters is 1. The third kappa shape index (κ3) is 7.64. The Morgan fingerprint density at radius 2 is 1.71 bits per heavy atom. The molecule has 2 N–H and O–H groups in total. The SMILES string of the molecule is CCCCCCCCOc1ccc(C(CC(=O)OC)c2c(O)cc(C)n(CC(=O)O)c2=O)cc1. The van der Waals surface area contributed by atoms with Crippen molar-refractivity contribution in [2.45, 2.75) is 71.3 Å². The van der Waals surface area contributed by atoms with Crippen LogP contribution in [0.25, 0.3) is 0 Å². The number of carboxylic acids is 1. The Balaban J connectivity index is 2.25. The molecule has 34 heavy (non-hydrogen) atoms. The molecule has 0 spiro atoms. The molecule has 1 heterocycles. The Labute approximate surface area is 200 Å². The van der Waals surface area contributed by atoms with Crippen LogP contribution in [0.3, 0.4) is 0 Å². The van der Waals surface area contributed by atoms with Gasteiger partial charge in [0.25, 0.3) is 5.56 Å². The molecule has 8 nitrogen and oxygen atoms in total. The summed E-state index contributed by atoms with van der Waals surface area (Å²) in [4.78, 5) is 36.5. The maximum Gasteiger partial charge on any atom is 0.323 e. The number of hydrogen-bond acceptors (Lipinski definition) is 6. The first-order chi connectivity index (χ1) is 16.3. The minimum Gasteiger partial charge on any atom is -0.507 e. The fourth-order valence-electron chi connectivity index (χ4n) is 3.93. The minimum atomic E-state index is -1.18. The molecule has 0 aliphatic carbocycles. The quantitative estimate of drug-likeness (QED) is 0.309. The van der Waals surface area contributed by atoms with Crippen LogP contribution in [0.2, 0.25) is 0 Å². The summed E-state index contributed by atoms with van der Waals surface area (Å²) in [5.74, 6) is -2.17. The number of methoxy groups -OCH3 is 1. The Hall–Kier alpha value is -3.29. The minimum absolute atomic E-state index is 0.0435. The molecule has 1 unspecified atom stereocenters. The molecule has 8 heteroatoms. The number of carbonyl (C=O) groups is 2. The van der Waals surface area contributed by atoms with Crippen molar-refractivity contribution in [3.63, 3.8) is 0 Å². The van der Waals surface area contributed by atoms with Gasteiger partial charge in [0, 0.05) is 11.6 Å². The lowest BCUT2D eigenvalue weighted by Gasteiger charge is -2.20. The van der Waals surface area contributed by atoms with Gasteiger partial charge in [-0.25, -0.2) is 0 Å². The average Bonchev–Trinajstić information content (AvgIpc) is 2.80. The summed E-state index contributed by atoms with van der Waals surface area (Å²) in [5, 5.41) is 19.8.